The Morgan fingerprint density at radius 2 is 2.00 bits per heavy atom. The van der Waals surface area contributed by atoms with Crippen LogP contribution in [-0.2, 0) is 6.61 Å². The van der Waals surface area contributed by atoms with Gasteiger partial charge >= 0.3 is 0 Å². The molecule has 0 radical (unpaired) electrons. The predicted molar refractivity (Wildman–Crippen MR) is 111 cm³/mol. The van der Waals surface area contributed by atoms with Crippen molar-refractivity contribution in [3.05, 3.63) is 84.5 Å². The van der Waals surface area contributed by atoms with E-state index in [2.05, 4.69) is 11.4 Å². The number of non-ortho nitro benzene ring substituents is 1. The fourth-order valence-electron chi connectivity index (χ4n) is 2.60. The van der Waals surface area contributed by atoms with Gasteiger partial charge < -0.3 is 10.1 Å². The molecule has 6 nitrogen and oxygen atoms in total. The van der Waals surface area contributed by atoms with Gasteiger partial charge in [-0.05, 0) is 43.0 Å². The third-order valence-corrected chi connectivity index (χ3v) is 5.30. The van der Waals surface area contributed by atoms with E-state index >= 15 is 0 Å². The first-order valence-corrected chi connectivity index (χ1v) is 9.62. The van der Waals surface area contributed by atoms with E-state index in [9.17, 15) is 14.9 Å². The van der Waals surface area contributed by atoms with Gasteiger partial charge in [0.1, 0.15) is 12.4 Å². The minimum atomic E-state index is -0.543. The zero-order valence-electron chi connectivity index (χ0n) is 15.2. The molecule has 3 aromatic rings. The van der Waals surface area contributed by atoms with Gasteiger partial charge in [0.2, 0.25) is 0 Å². The summed E-state index contributed by atoms with van der Waals surface area (Å²) in [7, 11) is 0. The van der Waals surface area contributed by atoms with E-state index < -0.39 is 4.92 Å². The van der Waals surface area contributed by atoms with Gasteiger partial charge in [-0.25, -0.2) is 0 Å². The van der Waals surface area contributed by atoms with Crippen molar-refractivity contribution in [3.8, 4) is 5.75 Å². The number of benzene rings is 2. The van der Waals surface area contributed by atoms with E-state index in [0.717, 1.165) is 16.9 Å². The van der Waals surface area contributed by atoms with Crippen molar-refractivity contribution < 1.29 is 14.5 Å². The number of aryl methyl sites for hydroxylation is 2. The number of halogens is 1. The summed E-state index contributed by atoms with van der Waals surface area (Å²) in [5.74, 6) is 0.471. The van der Waals surface area contributed by atoms with Crippen LogP contribution in [0.15, 0.2) is 47.8 Å². The van der Waals surface area contributed by atoms with E-state index in [1.807, 2.05) is 31.4 Å². The van der Waals surface area contributed by atoms with Crippen LogP contribution in [0.1, 0.15) is 26.4 Å². The molecule has 0 saturated carbocycles. The van der Waals surface area contributed by atoms with E-state index in [1.54, 1.807) is 6.07 Å². The molecule has 0 saturated heterocycles. The standard InChI is InChI=1S/C20H17ClN2O4S/c1-12-3-6-18(13(2)7-12)27-10-14-8-19(28-11-14)20(24)22-17-5-4-15(23(25)26)9-16(17)21/h3-9,11H,10H2,1-2H3,(H,22,24). The summed E-state index contributed by atoms with van der Waals surface area (Å²) in [4.78, 5) is 23.1. The summed E-state index contributed by atoms with van der Waals surface area (Å²) in [6, 6.07) is 11.6. The predicted octanol–water partition coefficient (Wildman–Crippen LogP) is 5.76. The molecule has 1 heterocycles. The molecule has 8 heteroatoms. The van der Waals surface area contributed by atoms with Gasteiger partial charge in [0.25, 0.3) is 11.6 Å². The average Bonchev–Trinajstić information content (AvgIpc) is 3.11. The molecular formula is C20H17ClN2O4S. The summed E-state index contributed by atoms with van der Waals surface area (Å²) in [6.07, 6.45) is 0. The van der Waals surface area contributed by atoms with Gasteiger partial charge in [0.05, 0.1) is 20.5 Å². The molecule has 1 amide bonds. The largest absolute Gasteiger partial charge is 0.489 e. The normalized spacial score (nSPS) is 10.5. The van der Waals surface area contributed by atoms with Crippen molar-refractivity contribution in [3.63, 3.8) is 0 Å². The lowest BCUT2D eigenvalue weighted by atomic mass is 10.1. The number of nitrogens with one attached hydrogen (secondary N) is 1. The zero-order valence-corrected chi connectivity index (χ0v) is 16.8. The molecule has 0 aliphatic heterocycles. The van der Waals surface area contributed by atoms with Gasteiger partial charge in [-0.1, -0.05) is 29.3 Å². The monoisotopic (exact) mass is 416 g/mol. The van der Waals surface area contributed by atoms with E-state index in [4.69, 9.17) is 16.3 Å². The van der Waals surface area contributed by atoms with Crippen LogP contribution < -0.4 is 10.1 Å². The molecule has 3 rings (SSSR count). The smallest absolute Gasteiger partial charge is 0.271 e. The Morgan fingerprint density at radius 1 is 1.21 bits per heavy atom. The van der Waals surface area contributed by atoms with Crippen LogP contribution in [0.2, 0.25) is 5.02 Å². The van der Waals surface area contributed by atoms with Gasteiger partial charge in [-0.3, -0.25) is 14.9 Å². The molecule has 1 aromatic heterocycles. The first-order valence-electron chi connectivity index (χ1n) is 8.36. The number of ether oxygens (including phenoxy) is 1. The quantitative estimate of drug-likeness (QED) is 0.409. The van der Waals surface area contributed by atoms with Crippen LogP contribution in [0, 0.1) is 24.0 Å². The molecule has 0 aliphatic rings. The van der Waals surface area contributed by atoms with Crippen molar-refractivity contribution in [1.82, 2.24) is 0 Å². The van der Waals surface area contributed by atoms with Crippen LogP contribution in [0.4, 0.5) is 11.4 Å². The summed E-state index contributed by atoms with van der Waals surface area (Å²) in [5, 5.41) is 15.4. The Morgan fingerprint density at radius 3 is 2.68 bits per heavy atom. The molecule has 144 valence electrons. The maximum absolute atomic E-state index is 12.4. The number of carbonyl (C=O) groups is 1. The molecule has 0 atom stereocenters. The molecule has 0 spiro atoms. The number of hydrogen-bond donors (Lipinski definition) is 1. The molecule has 0 aliphatic carbocycles. The van der Waals surface area contributed by atoms with Crippen molar-refractivity contribution in [2.75, 3.05) is 5.32 Å². The summed E-state index contributed by atoms with van der Waals surface area (Å²) in [6.45, 7) is 4.37. The molecular weight excluding hydrogens is 400 g/mol. The first-order chi connectivity index (χ1) is 13.3. The van der Waals surface area contributed by atoms with Gasteiger partial charge in [0, 0.05) is 17.7 Å². The van der Waals surface area contributed by atoms with Crippen molar-refractivity contribution in [2.24, 2.45) is 0 Å². The van der Waals surface area contributed by atoms with Crippen LogP contribution in [-0.4, -0.2) is 10.8 Å². The Kier molecular flexibility index (Phi) is 5.96. The van der Waals surface area contributed by atoms with Gasteiger partial charge in [0.15, 0.2) is 0 Å². The highest BCUT2D eigenvalue weighted by Gasteiger charge is 2.14. The zero-order chi connectivity index (χ0) is 20.3. The lowest BCUT2D eigenvalue weighted by molar-refractivity contribution is -0.384. The second-order valence-electron chi connectivity index (χ2n) is 6.25. The molecule has 0 fully saturated rings. The lowest BCUT2D eigenvalue weighted by Gasteiger charge is -2.08. The molecule has 2 aromatic carbocycles. The van der Waals surface area contributed by atoms with Crippen LogP contribution in [0.3, 0.4) is 0 Å². The lowest BCUT2D eigenvalue weighted by Crippen LogP contribution is -2.10. The minimum Gasteiger partial charge on any atom is -0.489 e. The van der Waals surface area contributed by atoms with Crippen molar-refractivity contribution >= 4 is 40.2 Å². The SMILES string of the molecule is Cc1ccc(OCc2csc(C(=O)Nc3ccc([N+](=O)[O-])cc3Cl)c2)c(C)c1. The summed E-state index contributed by atoms with van der Waals surface area (Å²) >= 11 is 7.31. The molecule has 0 bridgehead atoms. The molecule has 1 N–H and O–H groups in total. The Balaban J connectivity index is 1.64. The Bertz CT molecular complexity index is 1050. The van der Waals surface area contributed by atoms with Crippen LogP contribution in [0.5, 0.6) is 5.75 Å². The number of carbonyl (C=O) groups excluding carboxylic acids is 1. The minimum absolute atomic E-state index is 0.109. The second kappa shape index (κ2) is 8.41. The van der Waals surface area contributed by atoms with E-state index in [1.165, 1.54) is 35.1 Å². The maximum Gasteiger partial charge on any atom is 0.271 e. The van der Waals surface area contributed by atoms with Gasteiger partial charge in [-0.15, -0.1) is 11.3 Å². The van der Waals surface area contributed by atoms with Crippen molar-refractivity contribution in [2.45, 2.75) is 20.5 Å². The second-order valence-corrected chi connectivity index (χ2v) is 7.57. The topological polar surface area (TPSA) is 81.5 Å². The van der Waals surface area contributed by atoms with E-state index in [-0.39, 0.29) is 16.6 Å². The Hall–Kier alpha value is -2.90. The number of nitro benzene ring substituents is 1. The average molecular weight is 417 g/mol. The number of rotatable bonds is 6. The van der Waals surface area contributed by atoms with Crippen LogP contribution in [0.25, 0.3) is 0 Å². The highest BCUT2D eigenvalue weighted by Crippen LogP contribution is 2.28. The number of nitrogens with zero attached hydrogens (tertiary/aromatic N) is 1. The molecule has 28 heavy (non-hydrogen) atoms. The van der Waals surface area contributed by atoms with E-state index in [0.29, 0.717) is 17.2 Å². The highest BCUT2D eigenvalue weighted by molar-refractivity contribution is 7.12. The summed E-state index contributed by atoms with van der Waals surface area (Å²) < 4.78 is 5.83. The fourth-order valence-corrected chi connectivity index (χ4v) is 3.61. The van der Waals surface area contributed by atoms with Crippen LogP contribution >= 0.6 is 22.9 Å². The van der Waals surface area contributed by atoms with Crippen molar-refractivity contribution in [1.29, 1.82) is 0 Å². The van der Waals surface area contributed by atoms with Gasteiger partial charge in [-0.2, -0.15) is 0 Å². The number of amides is 1. The molecule has 0 unspecified atom stereocenters. The Labute approximate surface area is 170 Å². The third kappa shape index (κ3) is 4.68. The highest BCUT2D eigenvalue weighted by atomic mass is 35.5. The maximum atomic E-state index is 12.4. The number of hydrogen-bond acceptors (Lipinski definition) is 5. The number of nitro groups is 1. The third-order valence-electron chi connectivity index (χ3n) is 4.01. The number of thiophene rings is 1. The first kappa shape index (κ1) is 19.9. The fraction of sp³-hybridized carbons (Fsp3) is 0.150. The summed E-state index contributed by atoms with van der Waals surface area (Å²) in [5.41, 5.74) is 3.29. The number of anilines is 1.